The third-order valence-electron chi connectivity index (χ3n) is 3.68. The number of carbonyl (C=O) groups excluding carboxylic acids is 1. The van der Waals surface area contributed by atoms with Gasteiger partial charge in [-0.15, -0.1) is 0 Å². The number of hydrogen-bond donors (Lipinski definition) is 3. The van der Waals surface area contributed by atoms with Crippen molar-refractivity contribution in [1.82, 2.24) is 5.32 Å². The van der Waals surface area contributed by atoms with Crippen LogP contribution >= 0.6 is 0 Å². The van der Waals surface area contributed by atoms with Gasteiger partial charge in [0.2, 0.25) is 0 Å². The predicted octanol–water partition coefficient (Wildman–Crippen LogP) is 0.670. The van der Waals surface area contributed by atoms with Crippen LogP contribution in [0.15, 0.2) is 18.2 Å². The molecule has 0 radical (unpaired) electrons. The van der Waals surface area contributed by atoms with E-state index in [1.807, 2.05) is 0 Å². The zero-order valence-electron chi connectivity index (χ0n) is 11.5. The second-order valence-electron chi connectivity index (χ2n) is 4.91. The van der Waals surface area contributed by atoms with Gasteiger partial charge in [0.1, 0.15) is 5.60 Å². The summed E-state index contributed by atoms with van der Waals surface area (Å²) in [4.78, 5) is 12.1. The Hall–Kier alpha value is -1.79. The van der Waals surface area contributed by atoms with E-state index in [0.29, 0.717) is 13.0 Å². The fourth-order valence-electron chi connectivity index (χ4n) is 2.20. The largest absolute Gasteiger partial charge is 0.504 e. The molecule has 0 saturated carbocycles. The van der Waals surface area contributed by atoms with Crippen LogP contribution in [0.25, 0.3) is 0 Å². The molecule has 0 aromatic heterocycles. The fourth-order valence-corrected chi connectivity index (χ4v) is 2.20. The zero-order chi connectivity index (χ0) is 14.8. The summed E-state index contributed by atoms with van der Waals surface area (Å²) in [6.45, 7) is 2.31. The molecule has 2 unspecified atom stereocenters. The summed E-state index contributed by atoms with van der Waals surface area (Å²) in [7, 11) is 1.41. The molecule has 1 aromatic carbocycles. The van der Waals surface area contributed by atoms with Crippen molar-refractivity contribution in [2.24, 2.45) is 0 Å². The number of para-hydroxylation sites is 1. The average Bonchev–Trinajstić information content (AvgIpc) is 2.77. The van der Waals surface area contributed by atoms with E-state index in [-0.39, 0.29) is 29.7 Å². The number of nitrogens with one attached hydrogen (secondary N) is 1. The maximum Gasteiger partial charge on any atom is 0.255 e. The van der Waals surface area contributed by atoms with E-state index in [0.717, 1.165) is 0 Å². The number of ether oxygens (including phenoxy) is 2. The molecule has 110 valence electrons. The van der Waals surface area contributed by atoms with E-state index in [4.69, 9.17) is 9.47 Å². The van der Waals surface area contributed by atoms with Crippen LogP contribution in [0.1, 0.15) is 23.7 Å². The van der Waals surface area contributed by atoms with Crippen molar-refractivity contribution in [2.45, 2.75) is 25.0 Å². The molecule has 1 aliphatic heterocycles. The molecule has 1 aromatic rings. The molecule has 6 heteroatoms. The highest BCUT2D eigenvalue weighted by Crippen LogP contribution is 2.29. The Bertz CT molecular complexity index is 504. The van der Waals surface area contributed by atoms with Gasteiger partial charge in [-0.05, 0) is 19.1 Å². The number of aromatic hydroxyl groups is 1. The van der Waals surface area contributed by atoms with Crippen LogP contribution in [0, 0.1) is 0 Å². The minimum atomic E-state index is -1.07. The lowest BCUT2D eigenvalue weighted by Gasteiger charge is -2.26. The zero-order valence-corrected chi connectivity index (χ0v) is 11.5. The van der Waals surface area contributed by atoms with E-state index in [1.54, 1.807) is 19.1 Å². The van der Waals surface area contributed by atoms with Crippen LogP contribution < -0.4 is 10.1 Å². The van der Waals surface area contributed by atoms with Crippen molar-refractivity contribution in [3.05, 3.63) is 23.8 Å². The monoisotopic (exact) mass is 281 g/mol. The highest BCUT2D eigenvalue weighted by atomic mass is 16.5. The smallest absolute Gasteiger partial charge is 0.255 e. The molecule has 0 aliphatic carbocycles. The first-order valence-electron chi connectivity index (χ1n) is 6.46. The lowest BCUT2D eigenvalue weighted by Crippen LogP contribution is -2.47. The van der Waals surface area contributed by atoms with E-state index in [9.17, 15) is 15.0 Å². The Kier molecular flexibility index (Phi) is 4.15. The molecule has 2 atom stereocenters. The van der Waals surface area contributed by atoms with Gasteiger partial charge >= 0.3 is 0 Å². The molecule has 1 aliphatic rings. The summed E-state index contributed by atoms with van der Waals surface area (Å²) >= 11 is 0. The van der Waals surface area contributed by atoms with Crippen molar-refractivity contribution >= 4 is 5.91 Å². The van der Waals surface area contributed by atoms with Crippen LogP contribution in [-0.2, 0) is 4.74 Å². The van der Waals surface area contributed by atoms with E-state index < -0.39 is 11.5 Å². The number of aliphatic hydroxyl groups is 1. The maximum atomic E-state index is 12.1. The lowest BCUT2D eigenvalue weighted by molar-refractivity contribution is -0.0251. The second-order valence-corrected chi connectivity index (χ2v) is 4.91. The van der Waals surface area contributed by atoms with Crippen molar-refractivity contribution in [2.75, 3.05) is 20.3 Å². The summed E-state index contributed by atoms with van der Waals surface area (Å²) in [6, 6.07) is 4.67. The van der Waals surface area contributed by atoms with Gasteiger partial charge in [-0.3, -0.25) is 4.79 Å². The first-order chi connectivity index (χ1) is 9.48. The van der Waals surface area contributed by atoms with Crippen LogP contribution in [0.2, 0.25) is 0 Å². The number of phenols is 1. The molecule has 3 N–H and O–H groups in total. The lowest BCUT2D eigenvalue weighted by atomic mass is 9.96. The minimum absolute atomic E-state index is 0.0731. The van der Waals surface area contributed by atoms with Gasteiger partial charge in [0.25, 0.3) is 5.91 Å². The van der Waals surface area contributed by atoms with Gasteiger partial charge in [0.15, 0.2) is 11.5 Å². The number of amides is 1. The first-order valence-corrected chi connectivity index (χ1v) is 6.46. The van der Waals surface area contributed by atoms with E-state index in [2.05, 4.69) is 5.32 Å². The average molecular weight is 281 g/mol. The first kappa shape index (κ1) is 14.6. The molecule has 20 heavy (non-hydrogen) atoms. The van der Waals surface area contributed by atoms with Crippen molar-refractivity contribution in [3.8, 4) is 11.5 Å². The number of methoxy groups -OCH3 is 1. The Morgan fingerprint density at radius 2 is 2.35 bits per heavy atom. The summed E-state index contributed by atoms with van der Waals surface area (Å²) in [5.41, 5.74) is -0.955. The Labute approximate surface area is 117 Å². The van der Waals surface area contributed by atoms with Crippen LogP contribution in [0.4, 0.5) is 0 Å². The molecule has 0 spiro atoms. The topological polar surface area (TPSA) is 88.0 Å². The fraction of sp³-hybridized carbons (Fsp3) is 0.500. The molecule has 1 saturated heterocycles. The van der Waals surface area contributed by atoms with E-state index >= 15 is 0 Å². The van der Waals surface area contributed by atoms with Crippen LogP contribution in [-0.4, -0.2) is 48.1 Å². The molecular formula is C14H19NO5. The van der Waals surface area contributed by atoms with Gasteiger partial charge < -0.3 is 25.0 Å². The van der Waals surface area contributed by atoms with Gasteiger partial charge in [-0.25, -0.2) is 0 Å². The van der Waals surface area contributed by atoms with Crippen molar-refractivity contribution in [3.63, 3.8) is 0 Å². The number of phenolic OH excluding ortho intramolecular Hbond substituents is 1. The van der Waals surface area contributed by atoms with E-state index in [1.165, 1.54) is 13.2 Å². The van der Waals surface area contributed by atoms with Gasteiger partial charge in [-0.1, -0.05) is 6.07 Å². The highest BCUT2D eigenvalue weighted by Gasteiger charge is 2.39. The summed E-state index contributed by atoms with van der Waals surface area (Å²) in [5.74, 6) is -0.446. The maximum absolute atomic E-state index is 12.1. The number of carbonyl (C=O) groups is 1. The molecule has 1 heterocycles. The van der Waals surface area contributed by atoms with Gasteiger partial charge in [-0.2, -0.15) is 0 Å². The quantitative estimate of drug-likeness (QED) is 0.755. The normalized spacial score (nSPS) is 25.4. The molecular weight excluding hydrogens is 262 g/mol. The summed E-state index contributed by atoms with van der Waals surface area (Å²) in [6.07, 6.45) is 0.139. The number of hydrogen-bond acceptors (Lipinski definition) is 5. The molecule has 2 rings (SSSR count). The second kappa shape index (κ2) is 5.68. The summed E-state index contributed by atoms with van der Waals surface area (Å²) in [5, 5.41) is 22.8. The Balaban J connectivity index is 2.06. The van der Waals surface area contributed by atoms with Gasteiger partial charge in [0, 0.05) is 19.6 Å². The van der Waals surface area contributed by atoms with Crippen molar-refractivity contribution in [1.29, 1.82) is 0 Å². The SMILES string of the molecule is COc1cccc(C(=O)NCC2(O)CCOC2C)c1O. The number of rotatable bonds is 4. The molecule has 1 fully saturated rings. The highest BCUT2D eigenvalue weighted by molar-refractivity contribution is 5.97. The van der Waals surface area contributed by atoms with Crippen LogP contribution in [0.5, 0.6) is 11.5 Å². The minimum Gasteiger partial charge on any atom is -0.504 e. The van der Waals surface area contributed by atoms with Crippen molar-refractivity contribution < 1.29 is 24.5 Å². The Morgan fingerprint density at radius 1 is 1.60 bits per heavy atom. The third kappa shape index (κ3) is 2.71. The van der Waals surface area contributed by atoms with Crippen LogP contribution in [0.3, 0.4) is 0 Å². The summed E-state index contributed by atoms with van der Waals surface area (Å²) < 4.78 is 10.2. The number of benzene rings is 1. The molecule has 1 amide bonds. The predicted molar refractivity (Wildman–Crippen MR) is 72.0 cm³/mol. The standard InChI is InChI=1S/C14H19NO5/c1-9-14(18,6-7-20-9)8-15-13(17)10-4-3-5-11(19-2)12(10)16/h3-5,9,16,18H,6-8H2,1-2H3,(H,15,17). The molecule has 0 bridgehead atoms. The molecule has 6 nitrogen and oxygen atoms in total. The third-order valence-corrected chi connectivity index (χ3v) is 3.68. The Morgan fingerprint density at radius 3 is 2.95 bits per heavy atom. The van der Waals surface area contributed by atoms with Gasteiger partial charge in [0.05, 0.1) is 18.8 Å².